The smallest absolute Gasteiger partial charge is 0.173 e. The van der Waals surface area contributed by atoms with E-state index in [4.69, 9.17) is 17.0 Å². The summed E-state index contributed by atoms with van der Waals surface area (Å²) in [5.41, 5.74) is 3.61. The summed E-state index contributed by atoms with van der Waals surface area (Å²) in [4.78, 5) is 3.55. The summed E-state index contributed by atoms with van der Waals surface area (Å²) in [6.07, 6.45) is 2.55. The first-order valence-corrected chi connectivity index (χ1v) is 9.68. The van der Waals surface area contributed by atoms with Crippen LogP contribution in [0.4, 0.5) is 5.69 Å². The van der Waals surface area contributed by atoms with Crippen LogP contribution >= 0.6 is 23.6 Å². The van der Waals surface area contributed by atoms with E-state index in [0.717, 1.165) is 43.3 Å². The van der Waals surface area contributed by atoms with Crippen LogP contribution in [-0.2, 0) is 11.3 Å². The summed E-state index contributed by atoms with van der Waals surface area (Å²) >= 11 is 7.47. The van der Waals surface area contributed by atoms with Crippen molar-refractivity contribution in [2.75, 3.05) is 18.5 Å². The molecule has 1 aliphatic heterocycles. The summed E-state index contributed by atoms with van der Waals surface area (Å²) in [5.74, 6) is 0. The highest BCUT2D eigenvalue weighted by molar-refractivity contribution is 7.80. The fourth-order valence-electron chi connectivity index (χ4n) is 2.87. The monoisotopic (exact) mass is 360 g/mol. The van der Waals surface area contributed by atoms with Crippen molar-refractivity contribution in [3.63, 3.8) is 0 Å². The highest BCUT2D eigenvalue weighted by Gasteiger charge is 2.21. The third kappa shape index (κ3) is 4.56. The number of thiophene rings is 1. The van der Waals surface area contributed by atoms with Gasteiger partial charge in [0.1, 0.15) is 0 Å². The van der Waals surface area contributed by atoms with Gasteiger partial charge in [-0.2, -0.15) is 0 Å². The summed E-state index contributed by atoms with van der Waals surface area (Å²) < 4.78 is 5.81. The molecule has 1 saturated heterocycles. The lowest BCUT2D eigenvalue weighted by Crippen LogP contribution is -2.39. The van der Waals surface area contributed by atoms with Gasteiger partial charge in [0.25, 0.3) is 0 Å². The normalized spacial score (nSPS) is 17.0. The number of anilines is 1. The van der Waals surface area contributed by atoms with E-state index >= 15 is 0 Å². The minimum atomic E-state index is 0.282. The van der Waals surface area contributed by atoms with E-state index in [1.54, 1.807) is 11.3 Å². The van der Waals surface area contributed by atoms with Crippen LogP contribution in [0.3, 0.4) is 0 Å². The van der Waals surface area contributed by atoms with E-state index in [9.17, 15) is 0 Å². The maximum atomic E-state index is 5.81. The first kappa shape index (κ1) is 17.4. The maximum absolute atomic E-state index is 5.81. The molecule has 3 rings (SSSR count). The number of ether oxygens (including phenoxy) is 1. The predicted octanol–water partition coefficient (Wildman–Crippen LogP) is 4.74. The molecule has 1 N–H and O–H groups in total. The van der Waals surface area contributed by atoms with E-state index in [2.05, 4.69) is 59.8 Å². The molecule has 1 aromatic heterocycles. The van der Waals surface area contributed by atoms with Gasteiger partial charge in [0.05, 0.1) is 12.6 Å². The number of rotatable bonds is 5. The lowest BCUT2D eigenvalue weighted by Gasteiger charge is -2.28. The average Bonchev–Trinajstić information content (AvgIpc) is 3.24. The Morgan fingerprint density at radius 1 is 1.33 bits per heavy atom. The van der Waals surface area contributed by atoms with Crippen LogP contribution in [0, 0.1) is 13.8 Å². The summed E-state index contributed by atoms with van der Waals surface area (Å²) in [6.45, 7) is 6.79. The number of hydrogen-bond donors (Lipinski definition) is 1. The number of hydrogen-bond acceptors (Lipinski definition) is 3. The summed E-state index contributed by atoms with van der Waals surface area (Å²) in [6, 6.07) is 10.6. The van der Waals surface area contributed by atoms with Crippen LogP contribution in [0.15, 0.2) is 35.7 Å². The van der Waals surface area contributed by atoms with Gasteiger partial charge in [-0.3, -0.25) is 0 Å². The van der Waals surface area contributed by atoms with Crippen LogP contribution in [0.1, 0.15) is 28.8 Å². The number of thiocarbonyl (C=S) groups is 1. The van der Waals surface area contributed by atoms with Crippen LogP contribution < -0.4 is 5.32 Å². The molecule has 1 aromatic carbocycles. The van der Waals surface area contributed by atoms with Gasteiger partial charge in [-0.1, -0.05) is 12.1 Å². The molecule has 1 aliphatic rings. The molecule has 0 radical (unpaired) electrons. The van der Waals surface area contributed by atoms with Crippen molar-refractivity contribution < 1.29 is 4.74 Å². The van der Waals surface area contributed by atoms with Crippen molar-refractivity contribution >= 4 is 34.4 Å². The molecule has 3 nitrogen and oxygen atoms in total. The van der Waals surface area contributed by atoms with Gasteiger partial charge in [0.2, 0.25) is 0 Å². The summed E-state index contributed by atoms with van der Waals surface area (Å²) in [5, 5.41) is 6.28. The zero-order valence-electron chi connectivity index (χ0n) is 14.2. The molecule has 0 amide bonds. The average molecular weight is 361 g/mol. The van der Waals surface area contributed by atoms with Crippen molar-refractivity contribution in [3.05, 3.63) is 51.7 Å². The number of aryl methyl sites for hydroxylation is 2. The first-order chi connectivity index (χ1) is 11.6. The second-order valence-electron chi connectivity index (χ2n) is 6.32. The van der Waals surface area contributed by atoms with Gasteiger partial charge in [0, 0.05) is 23.7 Å². The molecule has 24 heavy (non-hydrogen) atoms. The molecule has 128 valence electrons. The zero-order chi connectivity index (χ0) is 16.9. The van der Waals surface area contributed by atoms with Crippen molar-refractivity contribution in [2.45, 2.75) is 39.3 Å². The Balaban J connectivity index is 1.70. The van der Waals surface area contributed by atoms with E-state index < -0.39 is 0 Å². The van der Waals surface area contributed by atoms with Gasteiger partial charge in [-0.25, -0.2) is 0 Å². The van der Waals surface area contributed by atoms with Gasteiger partial charge in [-0.15, -0.1) is 11.3 Å². The molecule has 0 unspecified atom stereocenters. The molecule has 0 spiro atoms. The quantitative estimate of drug-likeness (QED) is 0.778. The molecule has 0 saturated carbocycles. The highest BCUT2D eigenvalue weighted by Crippen LogP contribution is 2.19. The summed E-state index contributed by atoms with van der Waals surface area (Å²) in [7, 11) is 0. The molecule has 2 heterocycles. The SMILES string of the molecule is Cc1ccc(NC(=S)N(Cc2cccs2)C[C@@H]2CCCO2)cc1C. The molecule has 5 heteroatoms. The van der Waals surface area contributed by atoms with Gasteiger partial charge in [-0.05, 0) is 73.6 Å². The fourth-order valence-corrected chi connectivity index (χ4v) is 3.84. The van der Waals surface area contributed by atoms with Crippen LogP contribution in [0.25, 0.3) is 0 Å². The predicted molar refractivity (Wildman–Crippen MR) is 106 cm³/mol. The highest BCUT2D eigenvalue weighted by atomic mass is 32.1. The van der Waals surface area contributed by atoms with E-state index in [1.807, 2.05) is 0 Å². The molecule has 0 bridgehead atoms. The van der Waals surface area contributed by atoms with E-state index in [0.29, 0.717) is 0 Å². The fraction of sp³-hybridized carbons (Fsp3) is 0.421. The van der Waals surface area contributed by atoms with E-state index in [-0.39, 0.29) is 6.10 Å². The molecular formula is C19H24N2OS2. The van der Waals surface area contributed by atoms with Crippen molar-refractivity contribution in [3.8, 4) is 0 Å². The van der Waals surface area contributed by atoms with Crippen LogP contribution in [0.5, 0.6) is 0 Å². The lowest BCUT2D eigenvalue weighted by molar-refractivity contribution is 0.0907. The Morgan fingerprint density at radius 2 is 2.21 bits per heavy atom. The van der Waals surface area contributed by atoms with E-state index in [1.165, 1.54) is 16.0 Å². The number of nitrogens with one attached hydrogen (secondary N) is 1. The topological polar surface area (TPSA) is 24.5 Å². The van der Waals surface area contributed by atoms with Gasteiger partial charge >= 0.3 is 0 Å². The van der Waals surface area contributed by atoms with Crippen molar-refractivity contribution in [1.29, 1.82) is 0 Å². The maximum Gasteiger partial charge on any atom is 0.173 e. The second kappa shape index (κ2) is 8.10. The Labute approximate surface area is 153 Å². The van der Waals surface area contributed by atoms with Crippen molar-refractivity contribution in [2.24, 2.45) is 0 Å². The van der Waals surface area contributed by atoms with Crippen LogP contribution in [0.2, 0.25) is 0 Å². The molecular weight excluding hydrogens is 336 g/mol. The van der Waals surface area contributed by atoms with Crippen LogP contribution in [-0.4, -0.2) is 29.3 Å². The Hall–Kier alpha value is -1.43. The standard InChI is InChI=1S/C19H24N2OS2/c1-14-7-8-16(11-15(14)2)20-19(23)21(12-17-5-3-9-22-17)13-18-6-4-10-24-18/h4,6-8,10-11,17H,3,5,9,12-13H2,1-2H3,(H,20,23)/t17-/m0/s1. The lowest BCUT2D eigenvalue weighted by atomic mass is 10.1. The van der Waals surface area contributed by atoms with Crippen molar-refractivity contribution in [1.82, 2.24) is 4.90 Å². The third-order valence-corrected chi connectivity index (χ3v) is 5.64. The Bertz CT molecular complexity index is 679. The minimum absolute atomic E-state index is 0.282. The third-order valence-electron chi connectivity index (χ3n) is 4.42. The minimum Gasteiger partial charge on any atom is -0.376 e. The molecule has 1 fully saturated rings. The second-order valence-corrected chi connectivity index (χ2v) is 7.74. The van der Waals surface area contributed by atoms with Gasteiger partial charge < -0.3 is 15.0 Å². The number of benzene rings is 1. The molecule has 0 aliphatic carbocycles. The zero-order valence-corrected chi connectivity index (χ0v) is 15.9. The Kier molecular flexibility index (Phi) is 5.87. The molecule has 2 aromatic rings. The first-order valence-electron chi connectivity index (χ1n) is 8.39. The molecule has 1 atom stereocenters. The number of nitrogens with zero attached hydrogens (tertiary/aromatic N) is 1. The largest absolute Gasteiger partial charge is 0.376 e. The Morgan fingerprint density at radius 3 is 2.88 bits per heavy atom. The van der Waals surface area contributed by atoms with Gasteiger partial charge in [0.15, 0.2) is 5.11 Å².